The Hall–Kier alpha value is -1.39. The molecule has 1 unspecified atom stereocenters. The first kappa shape index (κ1) is 12.6. The quantitative estimate of drug-likeness (QED) is 0.929. The minimum absolute atomic E-state index is 0.438. The zero-order chi connectivity index (χ0) is 13.2. The molecule has 1 heterocycles. The first-order valence-corrected chi connectivity index (χ1v) is 7.39. The van der Waals surface area contributed by atoms with E-state index in [1.807, 2.05) is 19.2 Å². The third kappa shape index (κ3) is 2.65. The van der Waals surface area contributed by atoms with Gasteiger partial charge in [0.05, 0.1) is 12.1 Å². The molecule has 3 rings (SSSR count). The predicted octanol–water partition coefficient (Wildman–Crippen LogP) is 3.24. The molecule has 0 aliphatic heterocycles. The summed E-state index contributed by atoms with van der Waals surface area (Å²) < 4.78 is 5.32. The van der Waals surface area contributed by atoms with E-state index >= 15 is 0 Å². The van der Waals surface area contributed by atoms with Crippen molar-refractivity contribution >= 4 is 11.3 Å². The number of benzene rings is 1. The van der Waals surface area contributed by atoms with E-state index in [9.17, 15) is 0 Å². The molecule has 4 heteroatoms. The standard InChI is InChI=1S/C15H18N2OS/c1-10-16-8-13(19-10)9-17-15-6-4-11-3-5-12(18-2)7-14(11)15/h3,5,7-8,15,17H,4,6,9H2,1-2H3. The number of hydrogen-bond acceptors (Lipinski definition) is 4. The monoisotopic (exact) mass is 274 g/mol. The fourth-order valence-electron chi connectivity index (χ4n) is 2.63. The van der Waals surface area contributed by atoms with E-state index in [0.29, 0.717) is 6.04 Å². The van der Waals surface area contributed by atoms with Crippen molar-refractivity contribution in [1.82, 2.24) is 10.3 Å². The molecule has 1 aromatic heterocycles. The zero-order valence-corrected chi connectivity index (χ0v) is 12.1. The van der Waals surface area contributed by atoms with Gasteiger partial charge in [0.1, 0.15) is 5.75 Å². The van der Waals surface area contributed by atoms with Crippen LogP contribution in [0.4, 0.5) is 0 Å². The van der Waals surface area contributed by atoms with Crippen molar-refractivity contribution in [3.63, 3.8) is 0 Å². The molecule has 3 nitrogen and oxygen atoms in total. The number of aromatic nitrogens is 1. The topological polar surface area (TPSA) is 34.1 Å². The van der Waals surface area contributed by atoms with Crippen molar-refractivity contribution in [2.24, 2.45) is 0 Å². The molecular formula is C15H18N2OS. The fourth-order valence-corrected chi connectivity index (χ4v) is 3.38. The molecule has 0 saturated heterocycles. The molecule has 1 atom stereocenters. The van der Waals surface area contributed by atoms with Gasteiger partial charge in [-0.05, 0) is 43.0 Å². The van der Waals surface area contributed by atoms with Gasteiger partial charge < -0.3 is 10.1 Å². The second-order valence-corrected chi connectivity index (χ2v) is 6.20. The van der Waals surface area contributed by atoms with Crippen LogP contribution in [0, 0.1) is 6.92 Å². The van der Waals surface area contributed by atoms with Gasteiger partial charge in [-0.3, -0.25) is 0 Å². The highest BCUT2D eigenvalue weighted by molar-refractivity contribution is 7.11. The summed E-state index contributed by atoms with van der Waals surface area (Å²) in [5, 5.41) is 4.76. The first-order valence-electron chi connectivity index (χ1n) is 6.58. The molecule has 100 valence electrons. The Bertz CT molecular complexity index is 579. The Morgan fingerprint density at radius 3 is 3.11 bits per heavy atom. The Kier molecular flexibility index (Phi) is 3.53. The number of hydrogen-bond donors (Lipinski definition) is 1. The molecule has 0 spiro atoms. The Morgan fingerprint density at radius 2 is 2.37 bits per heavy atom. The van der Waals surface area contributed by atoms with Gasteiger partial charge in [-0.1, -0.05) is 6.07 Å². The van der Waals surface area contributed by atoms with Gasteiger partial charge in [0.2, 0.25) is 0 Å². The largest absolute Gasteiger partial charge is 0.497 e. The van der Waals surface area contributed by atoms with E-state index < -0.39 is 0 Å². The molecule has 0 amide bonds. The Balaban J connectivity index is 1.71. The maximum Gasteiger partial charge on any atom is 0.119 e. The van der Waals surface area contributed by atoms with Crippen LogP contribution < -0.4 is 10.1 Å². The molecule has 1 aliphatic carbocycles. The number of methoxy groups -OCH3 is 1. The minimum atomic E-state index is 0.438. The smallest absolute Gasteiger partial charge is 0.119 e. The van der Waals surface area contributed by atoms with E-state index in [4.69, 9.17) is 4.74 Å². The number of fused-ring (bicyclic) bond motifs is 1. The molecule has 0 bridgehead atoms. The summed E-state index contributed by atoms with van der Waals surface area (Å²) in [4.78, 5) is 5.59. The van der Waals surface area contributed by atoms with Crippen LogP contribution >= 0.6 is 11.3 Å². The zero-order valence-electron chi connectivity index (χ0n) is 11.3. The summed E-state index contributed by atoms with van der Waals surface area (Å²) in [6.07, 6.45) is 4.29. The van der Waals surface area contributed by atoms with E-state index in [2.05, 4.69) is 22.4 Å². The lowest BCUT2D eigenvalue weighted by atomic mass is 10.1. The summed E-state index contributed by atoms with van der Waals surface area (Å²) in [5.41, 5.74) is 2.83. The van der Waals surface area contributed by atoms with Gasteiger partial charge in [-0.25, -0.2) is 4.98 Å². The van der Waals surface area contributed by atoms with Crippen LogP contribution in [-0.4, -0.2) is 12.1 Å². The minimum Gasteiger partial charge on any atom is -0.497 e. The number of nitrogens with zero attached hydrogens (tertiary/aromatic N) is 1. The Morgan fingerprint density at radius 1 is 1.47 bits per heavy atom. The molecule has 19 heavy (non-hydrogen) atoms. The van der Waals surface area contributed by atoms with Crippen LogP contribution in [0.2, 0.25) is 0 Å². The van der Waals surface area contributed by atoms with Crippen LogP contribution in [-0.2, 0) is 13.0 Å². The van der Waals surface area contributed by atoms with E-state index in [-0.39, 0.29) is 0 Å². The van der Waals surface area contributed by atoms with Crippen molar-refractivity contribution in [3.8, 4) is 5.75 Å². The van der Waals surface area contributed by atoms with Crippen LogP contribution in [0.1, 0.15) is 33.5 Å². The maximum absolute atomic E-state index is 5.32. The first-order chi connectivity index (χ1) is 9.26. The highest BCUT2D eigenvalue weighted by Gasteiger charge is 2.22. The second-order valence-electron chi connectivity index (χ2n) is 4.88. The summed E-state index contributed by atoms with van der Waals surface area (Å²) in [5.74, 6) is 0.945. The Labute approximate surface area is 117 Å². The highest BCUT2D eigenvalue weighted by atomic mass is 32.1. The van der Waals surface area contributed by atoms with Crippen molar-refractivity contribution in [2.75, 3.05) is 7.11 Å². The SMILES string of the molecule is COc1ccc2c(c1)C(NCc1cnc(C)s1)CC2. The summed E-state index contributed by atoms with van der Waals surface area (Å²) in [7, 11) is 1.72. The molecule has 0 fully saturated rings. The van der Waals surface area contributed by atoms with Crippen LogP contribution in [0.15, 0.2) is 24.4 Å². The fraction of sp³-hybridized carbons (Fsp3) is 0.400. The van der Waals surface area contributed by atoms with Crippen molar-refractivity contribution in [2.45, 2.75) is 32.4 Å². The van der Waals surface area contributed by atoms with Gasteiger partial charge >= 0.3 is 0 Å². The van der Waals surface area contributed by atoms with Gasteiger partial charge in [0.25, 0.3) is 0 Å². The number of ether oxygens (including phenoxy) is 1. The molecule has 1 aromatic carbocycles. The average Bonchev–Trinajstić information content (AvgIpc) is 3.02. The highest BCUT2D eigenvalue weighted by Crippen LogP contribution is 2.34. The van der Waals surface area contributed by atoms with E-state index in [1.54, 1.807) is 18.4 Å². The van der Waals surface area contributed by atoms with Gasteiger partial charge in [0.15, 0.2) is 0 Å². The summed E-state index contributed by atoms with van der Waals surface area (Å²) in [6, 6.07) is 6.84. The molecule has 1 N–H and O–H groups in total. The summed E-state index contributed by atoms with van der Waals surface area (Å²) >= 11 is 1.76. The van der Waals surface area contributed by atoms with E-state index in [0.717, 1.165) is 23.7 Å². The van der Waals surface area contributed by atoms with Crippen molar-refractivity contribution < 1.29 is 4.74 Å². The lowest BCUT2D eigenvalue weighted by molar-refractivity contribution is 0.413. The van der Waals surface area contributed by atoms with Crippen molar-refractivity contribution in [3.05, 3.63) is 45.4 Å². The molecule has 2 aromatic rings. The predicted molar refractivity (Wildman–Crippen MR) is 77.7 cm³/mol. The lowest BCUT2D eigenvalue weighted by Gasteiger charge is -2.14. The number of aryl methyl sites for hydroxylation is 2. The molecule has 0 radical (unpaired) electrons. The van der Waals surface area contributed by atoms with Gasteiger partial charge in [-0.2, -0.15) is 0 Å². The summed E-state index contributed by atoms with van der Waals surface area (Å²) in [6.45, 7) is 2.94. The molecule has 0 saturated carbocycles. The van der Waals surface area contributed by atoms with Gasteiger partial charge in [-0.15, -0.1) is 11.3 Å². The van der Waals surface area contributed by atoms with Crippen LogP contribution in [0.3, 0.4) is 0 Å². The van der Waals surface area contributed by atoms with Crippen LogP contribution in [0.25, 0.3) is 0 Å². The number of rotatable bonds is 4. The van der Waals surface area contributed by atoms with Crippen molar-refractivity contribution in [1.29, 1.82) is 0 Å². The normalized spacial score (nSPS) is 17.5. The van der Waals surface area contributed by atoms with Crippen LogP contribution in [0.5, 0.6) is 5.75 Å². The number of thiazole rings is 1. The third-order valence-electron chi connectivity index (χ3n) is 3.62. The second kappa shape index (κ2) is 5.31. The maximum atomic E-state index is 5.32. The molecule has 1 aliphatic rings. The number of nitrogens with one attached hydrogen (secondary N) is 1. The average molecular weight is 274 g/mol. The molecular weight excluding hydrogens is 256 g/mol. The third-order valence-corrected chi connectivity index (χ3v) is 4.54. The van der Waals surface area contributed by atoms with Gasteiger partial charge in [0, 0.05) is 23.7 Å². The lowest BCUT2D eigenvalue weighted by Crippen LogP contribution is -2.18. The van der Waals surface area contributed by atoms with E-state index in [1.165, 1.54) is 22.4 Å².